The van der Waals surface area contributed by atoms with Gasteiger partial charge < -0.3 is 5.32 Å². The standard InChI is InChI=1S/C20H17ClN2O3S/c1-12-6-5-9-16(13(12)2)22-18(24)11-23-19(25)17(27-20(23)26)10-14-7-3-4-8-15(14)21/h3-10H,11H2,1-2H3,(H,22,24)/b17-10+. The summed E-state index contributed by atoms with van der Waals surface area (Å²) in [7, 11) is 0. The molecule has 1 aliphatic heterocycles. The summed E-state index contributed by atoms with van der Waals surface area (Å²) in [6.07, 6.45) is 1.57. The van der Waals surface area contributed by atoms with Crippen molar-refractivity contribution in [2.45, 2.75) is 13.8 Å². The second-order valence-electron chi connectivity index (χ2n) is 6.09. The highest BCUT2D eigenvalue weighted by molar-refractivity contribution is 8.18. The van der Waals surface area contributed by atoms with Crippen LogP contribution in [0, 0.1) is 13.8 Å². The van der Waals surface area contributed by atoms with Gasteiger partial charge in [-0.05, 0) is 60.5 Å². The molecule has 0 unspecified atom stereocenters. The van der Waals surface area contributed by atoms with Crippen molar-refractivity contribution in [2.24, 2.45) is 0 Å². The van der Waals surface area contributed by atoms with E-state index in [1.165, 1.54) is 0 Å². The number of rotatable bonds is 4. The molecule has 0 saturated carbocycles. The molecule has 0 radical (unpaired) electrons. The predicted molar refractivity (Wildman–Crippen MR) is 109 cm³/mol. The number of carbonyl (C=O) groups excluding carboxylic acids is 3. The third-order valence-electron chi connectivity index (χ3n) is 4.25. The monoisotopic (exact) mass is 400 g/mol. The summed E-state index contributed by atoms with van der Waals surface area (Å²) in [6.45, 7) is 3.51. The Morgan fingerprint density at radius 3 is 2.63 bits per heavy atom. The molecule has 1 N–H and O–H groups in total. The molecule has 0 aliphatic carbocycles. The third kappa shape index (κ3) is 4.23. The van der Waals surface area contributed by atoms with E-state index in [1.807, 2.05) is 26.0 Å². The summed E-state index contributed by atoms with van der Waals surface area (Å²) in [5.74, 6) is -0.925. The van der Waals surface area contributed by atoms with Crippen LogP contribution in [0.3, 0.4) is 0 Å². The zero-order valence-corrected chi connectivity index (χ0v) is 16.4. The van der Waals surface area contributed by atoms with Crippen LogP contribution in [0.15, 0.2) is 47.4 Å². The molecule has 1 fully saturated rings. The number of hydrogen-bond donors (Lipinski definition) is 1. The Bertz CT molecular complexity index is 971. The molecule has 1 aliphatic rings. The van der Waals surface area contributed by atoms with Crippen LogP contribution in [0.4, 0.5) is 10.5 Å². The highest BCUT2D eigenvalue weighted by Gasteiger charge is 2.36. The summed E-state index contributed by atoms with van der Waals surface area (Å²) >= 11 is 6.90. The fourth-order valence-corrected chi connectivity index (χ4v) is 3.61. The van der Waals surface area contributed by atoms with E-state index in [-0.39, 0.29) is 11.4 Å². The second kappa shape index (κ2) is 7.98. The summed E-state index contributed by atoms with van der Waals surface area (Å²) in [5.41, 5.74) is 3.29. The number of thioether (sulfide) groups is 1. The Kier molecular flexibility index (Phi) is 5.68. The number of anilines is 1. The molecule has 2 aromatic carbocycles. The van der Waals surface area contributed by atoms with Crippen molar-refractivity contribution in [3.8, 4) is 0 Å². The number of carbonyl (C=O) groups is 3. The second-order valence-corrected chi connectivity index (χ2v) is 7.49. The number of nitrogens with zero attached hydrogens (tertiary/aromatic N) is 1. The van der Waals surface area contributed by atoms with Crippen LogP contribution >= 0.6 is 23.4 Å². The molecule has 3 amide bonds. The van der Waals surface area contributed by atoms with Crippen LogP contribution in [-0.2, 0) is 9.59 Å². The van der Waals surface area contributed by atoms with E-state index in [1.54, 1.807) is 36.4 Å². The molecule has 7 heteroatoms. The van der Waals surface area contributed by atoms with E-state index in [4.69, 9.17) is 11.6 Å². The third-order valence-corrected chi connectivity index (χ3v) is 5.50. The fourth-order valence-electron chi connectivity index (χ4n) is 2.59. The zero-order valence-electron chi connectivity index (χ0n) is 14.8. The van der Waals surface area contributed by atoms with Gasteiger partial charge in [-0.2, -0.15) is 0 Å². The van der Waals surface area contributed by atoms with Crippen LogP contribution in [0.5, 0.6) is 0 Å². The van der Waals surface area contributed by atoms with Gasteiger partial charge in [0.1, 0.15) is 6.54 Å². The average Bonchev–Trinajstić information content (AvgIpc) is 2.88. The molecule has 1 saturated heterocycles. The van der Waals surface area contributed by atoms with Crippen molar-refractivity contribution in [1.82, 2.24) is 4.90 Å². The smallest absolute Gasteiger partial charge is 0.294 e. The number of imide groups is 1. The molecule has 138 valence electrons. The number of benzene rings is 2. The minimum atomic E-state index is -0.499. The molecular weight excluding hydrogens is 384 g/mol. The summed E-state index contributed by atoms with van der Waals surface area (Å²) < 4.78 is 0. The maximum absolute atomic E-state index is 12.5. The molecule has 1 heterocycles. The van der Waals surface area contributed by atoms with Gasteiger partial charge in [-0.25, -0.2) is 0 Å². The summed E-state index contributed by atoms with van der Waals surface area (Å²) in [6, 6.07) is 12.6. The normalized spacial score (nSPS) is 15.5. The Balaban J connectivity index is 1.73. The van der Waals surface area contributed by atoms with Crippen LogP contribution in [0.2, 0.25) is 5.02 Å². The molecule has 2 aromatic rings. The predicted octanol–water partition coefficient (Wildman–Crippen LogP) is 4.63. The molecule has 3 rings (SSSR count). The topological polar surface area (TPSA) is 66.5 Å². The van der Waals surface area contributed by atoms with Crippen molar-refractivity contribution in [1.29, 1.82) is 0 Å². The van der Waals surface area contributed by atoms with Gasteiger partial charge in [0.25, 0.3) is 11.1 Å². The first-order valence-corrected chi connectivity index (χ1v) is 9.42. The maximum Gasteiger partial charge on any atom is 0.294 e. The quantitative estimate of drug-likeness (QED) is 0.759. The van der Waals surface area contributed by atoms with Crippen molar-refractivity contribution < 1.29 is 14.4 Å². The van der Waals surface area contributed by atoms with E-state index < -0.39 is 17.1 Å². The highest BCUT2D eigenvalue weighted by atomic mass is 35.5. The highest BCUT2D eigenvalue weighted by Crippen LogP contribution is 2.33. The van der Waals surface area contributed by atoms with Gasteiger partial charge in [0.15, 0.2) is 0 Å². The zero-order chi connectivity index (χ0) is 19.6. The summed E-state index contributed by atoms with van der Waals surface area (Å²) in [4.78, 5) is 38.2. The van der Waals surface area contributed by atoms with E-state index in [0.717, 1.165) is 27.8 Å². The number of aryl methyl sites for hydroxylation is 1. The van der Waals surface area contributed by atoms with Crippen LogP contribution < -0.4 is 5.32 Å². The van der Waals surface area contributed by atoms with E-state index in [9.17, 15) is 14.4 Å². The Hall–Kier alpha value is -2.57. The molecule has 0 atom stereocenters. The lowest BCUT2D eigenvalue weighted by Gasteiger charge is -2.14. The maximum atomic E-state index is 12.5. The lowest BCUT2D eigenvalue weighted by atomic mass is 10.1. The van der Waals surface area contributed by atoms with Crippen molar-refractivity contribution in [2.75, 3.05) is 11.9 Å². The van der Waals surface area contributed by atoms with Crippen LogP contribution in [0.1, 0.15) is 16.7 Å². The van der Waals surface area contributed by atoms with Crippen LogP contribution in [0.25, 0.3) is 6.08 Å². The van der Waals surface area contributed by atoms with Gasteiger partial charge in [-0.3, -0.25) is 19.3 Å². The first-order chi connectivity index (χ1) is 12.9. The molecular formula is C20H17ClN2O3S. The lowest BCUT2D eigenvalue weighted by molar-refractivity contribution is -0.127. The lowest BCUT2D eigenvalue weighted by Crippen LogP contribution is -2.36. The van der Waals surface area contributed by atoms with Crippen LogP contribution in [-0.4, -0.2) is 28.5 Å². The van der Waals surface area contributed by atoms with Gasteiger partial charge in [-0.15, -0.1) is 0 Å². The van der Waals surface area contributed by atoms with Gasteiger partial charge in [0.2, 0.25) is 5.91 Å². The number of halogens is 1. The Morgan fingerprint density at radius 2 is 1.89 bits per heavy atom. The van der Waals surface area contributed by atoms with Crippen molar-refractivity contribution in [3.05, 3.63) is 69.1 Å². The molecule has 0 aromatic heterocycles. The van der Waals surface area contributed by atoms with E-state index in [0.29, 0.717) is 16.3 Å². The first kappa shape index (κ1) is 19.2. The van der Waals surface area contributed by atoms with E-state index >= 15 is 0 Å². The summed E-state index contributed by atoms with van der Waals surface area (Å²) in [5, 5.41) is 2.76. The molecule has 0 bridgehead atoms. The number of hydrogen-bond acceptors (Lipinski definition) is 4. The van der Waals surface area contributed by atoms with Gasteiger partial charge in [0.05, 0.1) is 4.91 Å². The van der Waals surface area contributed by atoms with Gasteiger partial charge in [0, 0.05) is 10.7 Å². The number of nitrogens with one attached hydrogen (secondary N) is 1. The Labute approximate surface area is 166 Å². The van der Waals surface area contributed by atoms with Crippen molar-refractivity contribution in [3.63, 3.8) is 0 Å². The molecule has 5 nitrogen and oxygen atoms in total. The molecule has 27 heavy (non-hydrogen) atoms. The minimum Gasteiger partial charge on any atom is -0.324 e. The largest absolute Gasteiger partial charge is 0.324 e. The van der Waals surface area contributed by atoms with Gasteiger partial charge in [-0.1, -0.05) is 41.9 Å². The molecule has 0 spiro atoms. The number of amides is 3. The SMILES string of the molecule is Cc1cccc(NC(=O)CN2C(=O)S/C(=C/c3ccccc3Cl)C2=O)c1C. The fraction of sp³-hybridized carbons (Fsp3) is 0.150. The first-order valence-electron chi connectivity index (χ1n) is 8.23. The Morgan fingerprint density at radius 1 is 1.15 bits per heavy atom. The minimum absolute atomic E-state index is 0.243. The van der Waals surface area contributed by atoms with E-state index in [2.05, 4.69) is 5.32 Å². The average molecular weight is 401 g/mol. The van der Waals surface area contributed by atoms with Crippen molar-refractivity contribution >= 4 is 52.2 Å². The van der Waals surface area contributed by atoms with Gasteiger partial charge >= 0.3 is 0 Å².